The molecule has 0 aromatic rings. The first-order valence-electron chi connectivity index (χ1n) is 8.88. The summed E-state index contributed by atoms with van der Waals surface area (Å²) in [6, 6.07) is 0.783. The zero-order chi connectivity index (χ0) is 14.8. The smallest absolute Gasteiger partial charge is 0.0701 e. The minimum absolute atomic E-state index is 0.672. The van der Waals surface area contributed by atoms with Gasteiger partial charge >= 0.3 is 0 Å². The fourth-order valence-corrected chi connectivity index (χ4v) is 2.71. The SMILES string of the molecule is CCCCOCCOCCOCCNC(C1CC1)C1CC1. The summed E-state index contributed by atoms with van der Waals surface area (Å²) in [6.07, 6.45) is 8.06. The summed E-state index contributed by atoms with van der Waals surface area (Å²) in [5.41, 5.74) is 0. The van der Waals surface area contributed by atoms with E-state index in [2.05, 4.69) is 12.2 Å². The average molecular weight is 299 g/mol. The van der Waals surface area contributed by atoms with Crippen LogP contribution >= 0.6 is 0 Å². The standard InChI is InChI=1S/C17H33NO3/c1-2-3-9-19-11-13-21-14-12-20-10-8-18-17(15-4-5-15)16-6-7-16/h15-18H,2-14H2,1H3. The minimum atomic E-state index is 0.672. The molecule has 0 saturated heterocycles. The summed E-state index contributed by atoms with van der Waals surface area (Å²) >= 11 is 0. The van der Waals surface area contributed by atoms with Crippen molar-refractivity contribution in [2.75, 3.05) is 46.2 Å². The molecule has 4 nitrogen and oxygen atoms in total. The highest BCUT2D eigenvalue weighted by atomic mass is 16.5. The summed E-state index contributed by atoms with van der Waals surface area (Å²) in [4.78, 5) is 0. The van der Waals surface area contributed by atoms with E-state index in [0.717, 1.165) is 44.1 Å². The third-order valence-corrected chi connectivity index (χ3v) is 4.27. The zero-order valence-corrected chi connectivity index (χ0v) is 13.6. The minimum Gasteiger partial charge on any atom is -0.379 e. The third-order valence-electron chi connectivity index (χ3n) is 4.27. The van der Waals surface area contributed by atoms with E-state index in [-0.39, 0.29) is 0 Å². The van der Waals surface area contributed by atoms with Gasteiger partial charge in [-0.2, -0.15) is 0 Å². The maximum absolute atomic E-state index is 5.60. The number of ether oxygens (including phenoxy) is 3. The van der Waals surface area contributed by atoms with Gasteiger partial charge in [-0.25, -0.2) is 0 Å². The van der Waals surface area contributed by atoms with Crippen molar-refractivity contribution in [2.24, 2.45) is 11.8 Å². The largest absolute Gasteiger partial charge is 0.379 e. The second kappa shape index (κ2) is 10.5. The second-order valence-corrected chi connectivity index (χ2v) is 6.35. The molecule has 0 unspecified atom stereocenters. The molecule has 2 aliphatic rings. The molecule has 0 aliphatic heterocycles. The van der Waals surface area contributed by atoms with Gasteiger partial charge in [0.1, 0.15) is 0 Å². The summed E-state index contributed by atoms with van der Waals surface area (Å²) in [5.74, 6) is 1.93. The van der Waals surface area contributed by atoms with E-state index in [0.29, 0.717) is 26.4 Å². The number of rotatable bonds is 15. The summed E-state index contributed by atoms with van der Waals surface area (Å²) < 4.78 is 16.5. The lowest BCUT2D eigenvalue weighted by Crippen LogP contribution is -2.35. The number of hydrogen-bond donors (Lipinski definition) is 1. The van der Waals surface area contributed by atoms with Crippen molar-refractivity contribution in [3.05, 3.63) is 0 Å². The van der Waals surface area contributed by atoms with Crippen molar-refractivity contribution in [3.8, 4) is 0 Å². The van der Waals surface area contributed by atoms with Crippen LogP contribution in [0.3, 0.4) is 0 Å². The first-order valence-corrected chi connectivity index (χ1v) is 8.88. The summed E-state index contributed by atoms with van der Waals surface area (Å²) in [5, 5.41) is 3.69. The van der Waals surface area contributed by atoms with Gasteiger partial charge in [0.05, 0.1) is 33.0 Å². The van der Waals surface area contributed by atoms with E-state index in [1.54, 1.807) is 0 Å². The van der Waals surface area contributed by atoms with Gasteiger partial charge in [0.25, 0.3) is 0 Å². The average Bonchev–Trinajstić information content (AvgIpc) is 3.37. The molecule has 0 aromatic carbocycles. The van der Waals surface area contributed by atoms with E-state index in [1.165, 1.54) is 32.1 Å². The van der Waals surface area contributed by atoms with Gasteiger partial charge in [0.15, 0.2) is 0 Å². The number of nitrogens with one attached hydrogen (secondary N) is 1. The highest BCUT2D eigenvalue weighted by Gasteiger charge is 2.40. The second-order valence-electron chi connectivity index (χ2n) is 6.35. The van der Waals surface area contributed by atoms with Crippen molar-refractivity contribution >= 4 is 0 Å². The molecule has 124 valence electrons. The molecule has 0 radical (unpaired) electrons. The number of unbranched alkanes of at least 4 members (excludes halogenated alkanes) is 1. The van der Waals surface area contributed by atoms with Crippen LogP contribution in [-0.2, 0) is 14.2 Å². The van der Waals surface area contributed by atoms with E-state index in [1.807, 2.05) is 0 Å². The number of hydrogen-bond acceptors (Lipinski definition) is 4. The quantitative estimate of drug-likeness (QED) is 0.472. The van der Waals surface area contributed by atoms with Crippen LogP contribution in [0.5, 0.6) is 0 Å². The molecule has 0 bridgehead atoms. The molecule has 0 atom stereocenters. The van der Waals surface area contributed by atoms with Crippen LogP contribution in [-0.4, -0.2) is 52.2 Å². The Hall–Kier alpha value is -0.160. The lowest BCUT2D eigenvalue weighted by Gasteiger charge is -2.17. The van der Waals surface area contributed by atoms with Crippen LogP contribution in [0, 0.1) is 11.8 Å². The lowest BCUT2D eigenvalue weighted by molar-refractivity contribution is 0.0142. The van der Waals surface area contributed by atoms with Crippen molar-refractivity contribution in [3.63, 3.8) is 0 Å². The Bertz CT molecular complexity index is 242. The van der Waals surface area contributed by atoms with Crippen LogP contribution in [0.25, 0.3) is 0 Å². The van der Waals surface area contributed by atoms with E-state index >= 15 is 0 Å². The normalized spacial score (nSPS) is 18.6. The molecular formula is C17H33NO3. The molecule has 21 heavy (non-hydrogen) atoms. The van der Waals surface area contributed by atoms with Gasteiger partial charge < -0.3 is 19.5 Å². The Morgan fingerprint density at radius 3 is 1.86 bits per heavy atom. The first-order chi connectivity index (χ1) is 10.4. The van der Waals surface area contributed by atoms with Crippen LogP contribution in [0.1, 0.15) is 45.4 Å². The van der Waals surface area contributed by atoms with Crippen LogP contribution in [0.4, 0.5) is 0 Å². The molecule has 2 aliphatic carbocycles. The van der Waals surface area contributed by atoms with Gasteiger partial charge in [0.2, 0.25) is 0 Å². The van der Waals surface area contributed by atoms with Gasteiger partial charge in [-0.3, -0.25) is 0 Å². The Balaban J connectivity index is 1.29. The van der Waals surface area contributed by atoms with Crippen LogP contribution in [0.15, 0.2) is 0 Å². The monoisotopic (exact) mass is 299 g/mol. The molecule has 0 amide bonds. The van der Waals surface area contributed by atoms with Crippen molar-refractivity contribution in [1.29, 1.82) is 0 Å². The van der Waals surface area contributed by atoms with Gasteiger partial charge in [-0.05, 0) is 43.9 Å². The predicted molar refractivity (Wildman–Crippen MR) is 84.6 cm³/mol. The fraction of sp³-hybridized carbons (Fsp3) is 1.00. The van der Waals surface area contributed by atoms with Gasteiger partial charge in [-0.15, -0.1) is 0 Å². The molecule has 2 fully saturated rings. The highest BCUT2D eigenvalue weighted by molar-refractivity contribution is 4.96. The van der Waals surface area contributed by atoms with Crippen molar-refractivity contribution in [2.45, 2.75) is 51.5 Å². The van der Waals surface area contributed by atoms with Gasteiger partial charge in [-0.1, -0.05) is 13.3 Å². The van der Waals surface area contributed by atoms with Crippen LogP contribution in [0.2, 0.25) is 0 Å². The molecular weight excluding hydrogens is 266 g/mol. The Kier molecular flexibility index (Phi) is 8.64. The van der Waals surface area contributed by atoms with Crippen molar-refractivity contribution < 1.29 is 14.2 Å². The lowest BCUT2D eigenvalue weighted by atomic mass is 10.1. The Morgan fingerprint density at radius 1 is 0.810 bits per heavy atom. The van der Waals surface area contributed by atoms with Gasteiger partial charge in [0, 0.05) is 19.2 Å². The predicted octanol–water partition coefficient (Wildman–Crippen LogP) is 2.61. The zero-order valence-electron chi connectivity index (χ0n) is 13.6. The Morgan fingerprint density at radius 2 is 1.33 bits per heavy atom. The molecule has 0 aromatic heterocycles. The maximum Gasteiger partial charge on any atom is 0.0701 e. The van der Waals surface area contributed by atoms with E-state index in [4.69, 9.17) is 14.2 Å². The molecule has 2 rings (SSSR count). The van der Waals surface area contributed by atoms with E-state index in [9.17, 15) is 0 Å². The fourth-order valence-electron chi connectivity index (χ4n) is 2.71. The molecule has 2 saturated carbocycles. The topological polar surface area (TPSA) is 39.7 Å². The first kappa shape index (κ1) is 17.2. The molecule has 1 N–H and O–H groups in total. The third kappa shape index (κ3) is 8.15. The summed E-state index contributed by atoms with van der Waals surface area (Å²) in [6.45, 7) is 7.54. The maximum atomic E-state index is 5.60. The van der Waals surface area contributed by atoms with Crippen LogP contribution < -0.4 is 5.32 Å². The van der Waals surface area contributed by atoms with Crippen molar-refractivity contribution in [1.82, 2.24) is 5.32 Å². The summed E-state index contributed by atoms with van der Waals surface area (Å²) in [7, 11) is 0. The van der Waals surface area contributed by atoms with E-state index < -0.39 is 0 Å². The Labute approximate surface area is 129 Å². The highest BCUT2D eigenvalue weighted by Crippen LogP contribution is 2.44. The molecule has 4 heteroatoms. The molecule has 0 heterocycles. The molecule has 0 spiro atoms.